The zero-order valence-corrected chi connectivity index (χ0v) is 49.6. The van der Waals surface area contributed by atoms with Gasteiger partial charge in [0.05, 0.1) is 35.3 Å². The Morgan fingerprint density at radius 3 is 1.88 bits per heavy atom. The molecule has 33 heteroatoms. The number of primary amides is 1. The average molecular weight is 1320 g/mol. The summed E-state index contributed by atoms with van der Waals surface area (Å²) in [6, 6.07) is 0.765. The number of halogens is 2. The Bertz CT molecular complexity index is 3790. The number of phenols is 3. The van der Waals surface area contributed by atoms with Crippen molar-refractivity contribution in [2.45, 2.75) is 130 Å². The molecule has 5 aromatic rings. The lowest BCUT2D eigenvalue weighted by Crippen LogP contribution is -2.64. The summed E-state index contributed by atoms with van der Waals surface area (Å²) in [5.74, 6) is -14.7. The molecule has 2 fully saturated rings. The van der Waals surface area contributed by atoms with E-state index in [0.29, 0.717) is 0 Å². The van der Waals surface area contributed by atoms with Crippen molar-refractivity contribution >= 4 is 64.6 Å². The van der Waals surface area contributed by atoms with E-state index in [2.05, 4.69) is 26.6 Å². The maximum absolute atomic E-state index is 15.8. The quantitative estimate of drug-likeness (QED) is 0.0915. The number of ether oxygens (including phenoxy) is 6. The van der Waals surface area contributed by atoms with E-state index in [9.17, 15) is 75.0 Å². The molecule has 6 amide bonds. The molecule has 4 unspecified atom stereocenters. The van der Waals surface area contributed by atoms with E-state index >= 15 is 9.59 Å². The first-order chi connectivity index (χ1) is 43.4. The minimum absolute atomic E-state index is 0.0953. The minimum Gasteiger partial charge on any atom is -0.508 e. The van der Waals surface area contributed by atoms with Gasteiger partial charge in [-0.15, -0.1) is 0 Å². The Morgan fingerprint density at radius 1 is 0.685 bits per heavy atom. The summed E-state index contributed by atoms with van der Waals surface area (Å²) in [6.45, 7) is 2.05. The zero-order valence-electron chi connectivity index (χ0n) is 48.1. The van der Waals surface area contributed by atoms with E-state index in [1.807, 2.05) is 0 Å². The molecule has 0 spiro atoms. The fourth-order valence-corrected chi connectivity index (χ4v) is 11.7. The summed E-state index contributed by atoms with van der Waals surface area (Å²) in [5.41, 5.74) is 14.3. The number of rotatable bonds is 8. The molecule has 0 aliphatic carbocycles. The third kappa shape index (κ3) is 13.2. The number of carbonyl (C=O) groups is 7. The number of fused-ring (bicyclic) bond motifs is 15. The summed E-state index contributed by atoms with van der Waals surface area (Å²) in [7, 11) is 0. The Labute approximate surface area is 529 Å². The summed E-state index contributed by atoms with van der Waals surface area (Å²) >= 11 is 13.9. The fourth-order valence-electron chi connectivity index (χ4n) is 11.3. The molecule has 2 saturated heterocycles. The van der Waals surface area contributed by atoms with Crippen molar-refractivity contribution in [3.63, 3.8) is 0 Å². The maximum atomic E-state index is 15.8. The van der Waals surface area contributed by atoms with Crippen molar-refractivity contribution in [2.24, 2.45) is 17.2 Å². The number of carboxylic acid groups (broad SMARTS) is 1. The summed E-state index contributed by atoms with van der Waals surface area (Å²) < 4.78 is 38.0. The highest BCUT2D eigenvalue weighted by atomic mass is 35.5. The lowest BCUT2D eigenvalue weighted by Gasteiger charge is -2.47. The molecule has 0 aromatic heterocycles. The molecule has 5 aromatic carbocycles. The number of hydrogen-bond acceptors (Lipinski definition) is 24. The fraction of sp³-hybridized carbons (Fsp3) is 0.373. The second-order valence-corrected chi connectivity index (χ2v) is 23.6. The molecule has 490 valence electrons. The van der Waals surface area contributed by atoms with Gasteiger partial charge in [0.1, 0.15) is 89.5 Å². The van der Waals surface area contributed by atoms with Crippen LogP contribution in [-0.2, 0) is 47.8 Å². The number of aromatic hydroxyl groups is 3. The maximum Gasteiger partial charge on any atom is 0.330 e. The lowest BCUT2D eigenvalue weighted by molar-refractivity contribution is -0.333. The van der Waals surface area contributed by atoms with Gasteiger partial charge in [0, 0.05) is 34.7 Å². The van der Waals surface area contributed by atoms with Crippen molar-refractivity contribution in [2.75, 3.05) is 6.61 Å². The molecule has 92 heavy (non-hydrogen) atoms. The summed E-state index contributed by atoms with van der Waals surface area (Å²) in [4.78, 5) is 100. The smallest absolute Gasteiger partial charge is 0.330 e. The van der Waals surface area contributed by atoms with Gasteiger partial charge in [-0.2, -0.15) is 0 Å². The number of nitrogens with two attached hydrogens (primary N) is 3. The first-order valence-corrected chi connectivity index (χ1v) is 28.9. The number of nitrogens with one attached hydrogen (secondary N) is 5. The number of benzene rings is 5. The highest BCUT2D eigenvalue weighted by Crippen LogP contribution is 2.50. The first kappa shape index (κ1) is 66.3. The molecule has 12 rings (SSSR count). The average Bonchev–Trinajstić information content (AvgIpc) is 0.780. The summed E-state index contributed by atoms with van der Waals surface area (Å²) in [6.07, 6.45) is -18.3. The van der Waals surface area contributed by atoms with Crippen molar-refractivity contribution < 1.29 is 113 Å². The van der Waals surface area contributed by atoms with Crippen molar-refractivity contribution in [1.82, 2.24) is 26.6 Å². The second kappa shape index (κ2) is 26.1. The number of carboxylic acids is 1. The molecular weight excluding hydrogens is 1260 g/mol. The topological polar surface area (TPSA) is 515 Å². The van der Waals surface area contributed by atoms with Crippen LogP contribution in [0.1, 0.15) is 84.8 Å². The van der Waals surface area contributed by atoms with E-state index in [1.165, 1.54) is 26.0 Å². The van der Waals surface area contributed by atoms with Gasteiger partial charge in [-0.05, 0) is 90.7 Å². The number of hydrogen-bond donors (Lipinski definition) is 18. The number of phenolic OH excluding ortho intramolecular Hbond substituents is 3. The van der Waals surface area contributed by atoms with Crippen LogP contribution in [0.4, 0.5) is 0 Å². The Hall–Kier alpha value is -8.67. The van der Waals surface area contributed by atoms with Crippen LogP contribution in [0, 0.1) is 0 Å². The number of aliphatic hydroxyl groups excluding tert-OH is 6. The molecule has 7 aliphatic rings. The Kier molecular flexibility index (Phi) is 18.8. The molecule has 7 heterocycles. The summed E-state index contributed by atoms with van der Waals surface area (Å²) in [5, 5.41) is 124. The minimum atomic E-state index is -2.28. The van der Waals surface area contributed by atoms with Crippen LogP contribution in [0.25, 0.3) is 11.1 Å². The van der Waals surface area contributed by atoms with Crippen LogP contribution in [0.15, 0.2) is 78.9 Å². The Balaban J connectivity index is 1.24. The molecule has 31 nitrogen and oxygen atoms in total. The number of amides is 6. The van der Waals surface area contributed by atoms with Crippen molar-refractivity contribution in [1.29, 1.82) is 0 Å². The number of carbonyl (C=O) groups excluding carboxylic acids is 6. The van der Waals surface area contributed by atoms with Gasteiger partial charge in [0.2, 0.25) is 47.5 Å². The monoisotopic (exact) mass is 1320 g/mol. The van der Waals surface area contributed by atoms with Gasteiger partial charge in [0.15, 0.2) is 29.9 Å². The molecule has 21 N–H and O–H groups in total. The van der Waals surface area contributed by atoms with Crippen LogP contribution in [0.3, 0.4) is 0 Å². The van der Waals surface area contributed by atoms with Gasteiger partial charge < -0.3 is 123 Å². The number of aliphatic carboxylic acids is 1. The highest BCUT2D eigenvalue weighted by Gasteiger charge is 2.51. The van der Waals surface area contributed by atoms with Gasteiger partial charge in [-0.3, -0.25) is 28.8 Å². The van der Waals surface area contributed by atoms with Crippen LogP contribution >= 0.6 is 23.2 Å². The third-order valence-corrected chi connectivity index (χ3v) is 16.7. The third-order valence-electron chi connectivity index (χ3n) is 16.1. The lowest BCUT2D eigenvalue weighted by atomic mass is 9.86. The van der Waals surface area contributed by atoms with Gasteiger partial charge >= 0.3 is 5.97 Å². The molecule has 7 aliphatic heterocycles. The van der Waals surface area contributed by atoms with Crippen LogP contribution in [0.2, 0.25) is 10.0 Å². The highest BCUT2D eigenvalue weighted by molar-refractivity contribution is 6.32. The van der Waals surface area contributed by atoms with E-state index < -0.39 is 219 Å². The van der Waals surface area contributed by atoms with Crippen LogP contribution < -0.4 is 58.0 Å². The standard InChI is InChI=1S/C59H62Cl2N8O23/c1-19-51(79)59(2,64)17-38(87-19)91-50-48(78)47(77)36(18-70)90-58(50)92-49-34-12-23-13-35(49)89-33-8-5-22(11-28(33)61)46(76)44-56(84)68-43(57(85)86)26-14-24(71)15-31(73)39(26)25-9-20(3-6-30(25)72)41(54(82)69-44)67-55(83)42(23)66-52(80)29(16-37(62)74)65-53(81)40(63)45(75)21-4-7-32(88-34)27(60)10-21/h3-15,19,29,36,38,40-48,50-51,58,70-73,75-79H,16-18,63-64H2,1-2H3,(H2,62,74)(H,65,81)(H,66,80)(H,67,83)(H,68,84)(H,69,82)(H,85,86)/t19-,29-,36?,38-,40+,41?,42+,43-,44-,45+,46+,47?,48?,50+,51+,58-,59-/m0/s1. The van der Waals surface area contributed by atoms with Gasteiger partial charge in [0.25, 0.3) is 0 Å². The predicted molar refractivity (Wildman–Crippen MR) is 313 cm³/mol. The van der Waals surface area contributed by atoms with Crippen LogP contribution in [0.5, 0.6) is 46.0 Å². The van der Waals surface area contributed by atoms with Crippen molar-refractivity contribution in [3.8, 4) is 57.1 Å². The molecule has 0 saturated carbocycles. The predicted octanol–water partition coefficient (Wildman–Crippen LogP) is -0.685. The van der Waals surface area contributed by atoms with Crippen LogP contribution in [-0.4, -0.2) is 172 Å². The largest absolute Gasteiger partial charge is 0.508 e. The normalized spacial score (nSPS) is 30.8. The van der Waals surface area contributed by atoms with E-state index in [4.69, 9.17) is 68.8 Å². The molecule has 17 atom stereocenters. The molecule has 0 radical (unpaired) electrons. The van der Waals surface area contributed by atoms with Gasteiger partial charge in [-0.25, -0.2) is 4.79 Å². The SMILES string of the molecule is C[C@@H]1O[C@@H](O[C@@H]2C(O)C(O)C(CO)O[C@H]2Oc2c3cc4cc2Oc2ccc(cc2Cl)[C@@H](O)[C@@H](N)C(=O)N[C@@H](CC(N)=O)C(=O)N[C@H]4C(=O)NC2C(=O)N[C@H](C(=O)N[C@H](C(=O)O)c4cc(O)cc(O)c4-c4cc2ccc4O)[C@H](O)c2ccc(c(Cl)c2)O3)C[C@](C)(N)[C@@H]1O. The van der Waals surface area contributed by atoms with Gasteiger partial charge in [-0.1, -0.05) is 41.4 Å². The number of aliphatic hydroxyl groups is 6. The van der Waals surface area contributed by atoms with E-state index in [0.717, 1.165) is 66.7 Å². The van der Waals surface area contributed by atoms with E-state index in [-0.39, 0.29) is 39.6 Å². The zero-order chi connectivity index (χ0) is 66.7. The Morgan fingerprint density at radius 2 is 1.28 bits per heavy atom. The molecular formula is C59H62Cl2N8O23. The second-order valence-electron chi connectivity index (χ2n) is 22.8. The first-order valence-electron chi connectivity index (χ1n) is 28.2. The van der Waals surface area contributed by atoms with Crippen molar-refractivity contribution in [3.05, 3.63) is 117 Å². The molecule has 11 bridgehead atoms. The van der Waals surface area contributed by atoms with E-state index in [1.54, 1.807) is 0 Å².